The van der Waals surface area contributed by atoms with Crippen LogP contribution in [0.15, 0.2) is 60.7 Å². The molecule has 2 aromatic carbocycles. The Hall–Kier alpha value is -3.48. The molecule has 0 radical (unpaired) electrons. The highest BCUT2D eigenvalue weighted by Gasteiger charge is 2.49. The van der Waals surface area contributed by atoms with Gasteiger partial charge >= 0.3 is 11.9 Å². The summed E-state index contributed by atoms with van der Waals surface area (Å²) in [6.45, 7) is 5.06. The van der Waals surface area contributed by atoms with E-state index in [0.29, 0.717) is 0 Å². The van der Waals surface area contributed by atoms with Crippen molar-refractivity contribution < 1.29 is 28.7 Å². The van der Waals surface area contributed by atoms with Crippen molar-refractivity contribution in [2.75, 3.05) is 0 Å². The summed E-state index contributed by atoms with van der Waals surface area (Å²) in [5.74, 6) is -4.06. The lowest BCUT2D eigenvalue weighted by Crippen LogP contribution is -2.48. The van der Waals surface area contributed by atoms with E-state index in [1.54, 1.807) is 45.0 Å². The van der Waals surface area contributed by atoms with Crippen LogP contribution in [-0.2, 0) is 41.7 Å². The molecule has 0 aromatic heterocycles. The maximum atomic E-state index is 13.1. The summed E-state index contributed by atoms with van der Waals surface area (Å²) in [7, 11) is 0. The third kappa shape index (κ3) is 5.81. The van der Waals surface area contributed by atoms with Crippen molar-refractivity contribution in [3.05, 3.63) is 71.8 Å². The summed E-state index contributed by atoms with van der Waals surface area (Å²) in [6.07, 6.45) is -0.238. The van der Waals surface area contributed by atoms with Crippen LogP contribution < -0.4 is 0 Å². The fraction of sp³-hybridized carbons (Fsp3) is 0.360. The maximum Gasteiger partial charge on any atom is 0.330 e. The number of hydrogen-bond donors (Lipinski definition) is 0. The average molecular weight is 437 g/mol. The van der Waals surface area contributed by atoms with Crippen molar-refractivity contribution in [2.45, 2.75) is 51.9 Å². The number of hydrogen-bond acceptors (Lipinski definition) is 6. The van der Waals surface area contributed by atoms with Crippen LogP contribution >= 0.6 is 0 Å². The number of carbonyl (C=O) groups excluding carboxylic acids is 4. The smallest absolute Gasteiger partial charge is 0.330 e. The molecule has 7 heteroatoms. The van der Waals surface area contributed by atoms with Crippen LogP contribution in [0.2, 0.25) is 0 Å². The normalized spacial score (nSPS) is 17.2. The average Bonchev–Trinajstić information content (AvgIpc) is 3.04. The Morgan fingerprint density at radius 3 is 2.09 bits per heavy atom. The van der Waals surface area contributed by atoms with Crippen LogP contribution in [0.5, 0.6) is 0 Å². The van der Waals surface area contributed by atoms with Crippen LogP contribution in [0, 0.1) is 5.92 Å². The fourth-order valence-electron chi connectivity index (χ4n) is 3.48. The number of ether oxygens (including phenoxy) is 2. The molecular weight excluding hydrogens is 410 g/mol. The van der Waals surface area contributed by atoms with Gasteiger partial charge in [0.05, 0.1) is 0 Å². The minimum Gasteiger partial charge on any atom is -0.459 e. The van der Waals surface area contributed by atoms with Crippen LogP contribution in [0.4, 0.5) is 0 Å². The molecule has 168 valence electrons. The molecular formula is C25H27NO6. The Morgan fingerprint density at radius 2 is 1.53 bits per heavy atom. The Balaban J connectivity index is 1.81. The van der Waals surface area contributed by atoms with E-state index < -0.39 is 41.3 Å². The van der Waals surface area contributed by atoms with Gasteiger partial charge in [-0.15, -0.1) is 0 Å². The van der Waals surface area contributed by atoms with Gasteiger partial charge in [-0.1, -0.05) is 60.7 Å². The van der Waals surface area contributed by atoms with E-state index in [0.717, 1.165) is 16.0 Å². The molecule has 0 spiro atoms. The van der Waals surface area contributed by atoms with Gasteiger partial charge in [-0.2, -0.15) is 0 Å². The van der Waals surface area contributed by atoms with E-state index in [1.807, 2.05) is 36.4 Å². The van der Waals surface area contributed by atoms with Crippen molar-refractivity contribution in [1.29, 1.82) is 0 Å². The van der Waals surface area contributed by atoms with E-state index in [9.17, 15) is 19.2 Å². The van der Waals surface area contributed by atoms with Crippen molar-refractivity contribution in [3.8, 4) is 0 Å². The molecule has 1 fully saturated rings. The maximum absolute atomic E-state index is 13.1. The number of rotatable bonds is 7. The second-order valence-corrected chi connectivity index (χ2v) is 8.69. The number of imide groups is 1. The molecule has 1 aliphatic rings. The van der Waals surface area contributed by atoms with Gasteiger partial charge < -0.3 is 9.47 Å². The molecule has 7 nitrogen and oxygen atoms in total. The van der Waals surface area contributed by atoms with Gasteiger partial charge in [-0.25, -0.2) is 4.79 Å². The molecule has 1 saturated heterocycles. The lowest BCUT2D eigenvalue weighted by atomic mass is 10.0. The third-order valence-electron chi connectivity index (χ3n) is 4.95. The van der Waals surface area contributed by atoms with Crippen molar-refractivity contribution in [3.63, 3.8) is 0 Å². The summed E-state index contributed by atoms with van der Waals surface area (Å²) >= 11 is 0. The van der Waals surface area contributed by atoms with Gasteiger partial charge in [0.25, 0.3) is 0 Å². The van der Waals surface area contributed by atoms with Gasteiger partial charge in [0, 0.05) is 12.8 Å². The first-order chi connectivity index (χ1) is 15.2. The molecule has 0 saturated carbocycles. The second-order valence-electron chi connectivity index (χ2n) is 8.69. The van der Waals surface area contributed by atoms with E-state index in [2.05, 4.69) is 0 Å². The lowest BCUT2D eigenvalue weighted by Gasteiger charge is -2.26. The number of nitrogens with zero attached hydrogens (tertiary/aromatic N) is 1. The number of carbonyl (C=O) groups is 4. The van der Waals surface area contributed by atoms with Crippen molar-refractivity contribution in [1.82, 2.24) is 4.90 Å². The number of esters is 2. The van der Waals surface area contributed by atoms with Gasteiger partial charge in [-0.3, -0.25) is 19.3 Å². The lowest BCUT2D eigenvalue weighted by molar-refractivity contribution is -0.165. The first-order valence-corrected chi connectivity index (χ1v) is 10.5. The first-order valence-electron chi connectivity index (χ1n) is 10.5. The van der Waals surface area contributed by atoms with Crippen LogP contribution in [0.1, 0.15) is 38.3 Å². The highest BCUT2D eigenvalue weighted by molar-refractivity contribution is 6.14. The van der Waals surface area contributed by atoms with Gasteiger partial charge in [0.2, 0.25) is 11.8 Å². The quantitative estimate of drug-likeness (QED) is 0.376. The van der Waals surface area contributed by atoms with E-state index in [1.165, 1.54) is 0 Å². The number of likely N-dealkylation sites (tertiary alicyclic amines) is 1. The Bertz CT molecular complexity index is 980. The van der Waals surface area contributed by atoms with Gasteiger partial charge in [0.15, 0.2) is 0 Å². The number of benzene rings is 2. The van der Waals surface area contributed by atoms with Crippen LogP contribution in [-0.4, -0.2) is 40.3 Å². The second kappa shape index (κ2) is 9.77. The third-order valence-corrected chi connectivity index (χ3v) is 4.95. The zero-order valence-electron chi connectivity index (χ0n) is 18.4. The molecule has 2 amide bonds. The highest BCUT2D eigenvalue weighted by atomic mass is 16.6. The largest absolute Gasteiger partial charge is 0.459 e. The zero-order valence-corrected chi connectivity index (χ0v) is 18.4. The minimum absolute atomic E-state index is 0.0106. The van der Waals surface area contributed by atoms with E-state index in [4.69, 9.17) is 9.47 Å². The molecule has 2 aromatic rings. The first kappa shape index (κ1) is 23.2. The van der Waals surface area contributed by atoms with E-state index >= 15 is 0 Å². The molecule has 1 aliphatic heterocycles. The summed E-state index contributed by atoms with van der Waals surface area (Å²) in [5, 5.41) is 0. The van der Waals surface area contributed by atoms with Gasteiger partial charge in [0.1, 0.15) is 24.2 Å². The number of amides is 2. The highest BCUT2D eigenvalue weighted by Crippen LogP contribution is 2.27. The Morgan fingerprint density at radius 1 is 0.969 bits per heavy atom. The summed E-state index contributed by atoms with van der Waals surface area (Å²) in [4.78, 5) is 52.2. The monoisotopic (exact) mass is 437 g/mol. The topological polar surface area (TPSA) is 90.0 Å². The van der Waals surface area contributed by atoms with Gasteiger partial charge in [-0.05, 0) is 31.9 Å². The molecule has 32 heavy (non-hydrogen) atoms. The molecule has 0 aliphatic carbocycles. The molecule has 0 N–H and O–H groups in total. The van der Waals surface area contributed by atoms with Crippen molar-refractivity contribution >= 4 is 23.8 Å². The predicted octanol–water partition coefficient (Wildman–Crippen LogP) is 3.06. The predicted molar refractivity (Wildman–Crippen MR) is 116 cm³/mol. The Labute approximate surface area is 187 Å². The SMILES string of the molecule is CC(C)(C)OC(=O)[C@H]1CC(=O)N([C@@H](Cc2ccccc2)C(=O)OCc2ccccc2)C1=O. The Kier molecular flexibility index (Phi) is 7.08. The van der Waals surface area contributed by atoms with Crippen molar-refractivity contribution in [2.24, 2.45) is 5.92 Å². The molecule has 3 rings (SSSR count). The zero-order chi connectivity index (χ0) is 23.3. The van der Waals surface area contributed by atoms with Crippen LogP contribution in [0.25, 0.3) is 0 Å². The summed E-state index contributed by atoms with van der Waals surface area (Å²) in [5.41, 5.74) is 0.742. The molecule has 1 heterocycles. The standard InChI is InChI=1S/C25H27NO6/c1-25(2,3)32-23(29)19-15-21(27)26(22(19)28)20(14-17-10-6-4-7-11-17)24(30)31-16-18-12-8-5-9-13-18/h4-13,19-20H,14-16H2,1-3H3/t19-,20-/m0/s1. The van der Waals surface area contributed by atoms with Crippen LogP contribution in [0.3, 0.4) is 0 Å². The molecule has 2 atom stereocenters. The summed E-state index contributed by atoms with van der Waals surface area (Å²) in [6, 6.07) is 17.0. The van der Waals surface area contributed by atoms with E-state index in [-0.39, 0.29) is 19.4 Å². The minimum atomic E-state index is -1.26. The summed E-state index contributed by atoms with van der Waals surface area (Å²) < 4.78 is 10.7. The molecule has 0 bridgehead atoms. The fourth-order valence-corrected chi connectivity index (χ4v) is 3.48. The molecule has 0 unspecified atom stereocenters.